The van der Waals surface area contributed by atoms with Crippen LogP contribution in [0.4, 0.5) is 0 Å². The molecular formula is C12H22N2O3S. The lowest BCUT2D eigenvalue weighted by atomic mass is 10.2. The van der Waals surface area contributed by atoms with Crippen LogP contribution in [0.15, 0.2) is 9.31 Å². The Morgan fingerprint density at radius 3 is 2.39 bits per heavy atom. The van der Waals surface area contributed by atoms with E-state index >= 15 is 0 Å². The summed E-state index contributed by atoms with van der Waals surface area (Å²) in [6.45, 7) is 9.10. The van der Waals surface area contributed by atoms with Gasteiger partial charge in [-0.1, -0.05) is 13.8 Å². The Kier molecular flexibility index (Phi) is 5.37. The van der Waals surface area contributed by atoms with Crippen molar-refractivity contribution in [1.29, 1.82) is 0 Å². The molecule has 0 saturated heterocycles. The summed E-state index contributed by atoms with van der Waals surface area (Å²) in [6.07, 6.45) is 0.762. The molecule has 1 heterocycles. The van der Waals surface area contributed by atoms with Crippen molar-refractivity contribution < 1.29 is 12.8 Å². The van der Waals surface area contributed by atoms with Gasteiger partial charge in [-0.2, -0.15) is 0 Å². The molecule has 104 valence electrons. The van der Waals surface area contributed by atoms with Crippen LogP contribution in [0.2, 0.25) is 0 Å². The first-order chi connectivity index (χ1) is 8.44. The number of sulfonamides is 1. The molecule has 5 nitrogen and oxygen atoms in total. The van der Waals surface area contributed by atoms with E-state index in [4.69, 9.17) is 4.42 Å². The smallest absolute Gasteiger partial charge is 0.244 e. The lowest BCUT2D eigenvalue weighted by molar-refractivity contribution is 0.493. The van der Waals surface area contributed by atoms with Crippen LogP contribution < -0.4 is 10.0 Å². The fourth-order valence-electron chi connectivity index (χ4n) is 1.82. The molecule has 1 aromatic rings. The Morgan fingerprint density at radius 2 is 1.83 bits per heavy atom. The fraction of sp³-hybridized carbons (Fsp3) is 0.667. The SMILES string of the molecule is CCCNS(=O)(=O)c1c(C)oc(C)c1CNCC. The quantitative estimate of drug-likeness (QED) is 0.794. The van der Waals surface area contributed by atoms with Crippen molar-refractivity contribution in [3.63, 3.8) is 0 Å². The first-order valence-electron chi connectivity index (χ1n) is 6.23. The van der Waals surface area contributed by atoms with Crippen molar-refractivity contribution in [2.75, 3.05) is 13.1 Å². The zero-order chi connectivity index (χ0) is 13.8. The van der Waals surface area contributed by atoms with Crippen LogP contribution in [-0.4, -0.2) is 21.5 Å². The molecule has 1 rings (SSSR count). The molecule has 0 spiro atoms. The second kappa shape index (κ2) is 6.36. The van der Waals surface area contributed by atoms with Crippen LogP contribution in [-0.2, 0) is 16.6 Å². The molecule has 18 heavy (non-hydrogen) atoms. The summed E-state index contributed by atoms with van der Waals surface area (Å²) in [4.78, 5) is 0.286. The lowest BCUT2D eigenvalue weighted by Crippen LogP contribution is -2.26. The summed E-state index contributed by atoms with van der Waals surface area (Å²) in [7, 11) is -3.48. The van der Waals surface area contributed by atoms with E-state index in [0.29, 0.717) is 24.6 Å². The monoisotopic (exact) mass is 274 g/mol. The maximum absolute atomic E-state index is 12.2. The Bertz CT molecular complexity index is 492. The minimum atomic E-state index is -3.48. The van der Waals surface area contributed by atoms with E-state index in [1.807, 2.05) is 13.8 Å². The normalized spacial score (nSPS) is 12.0. The van der Waals surface area contributed by atoms with Crippen molar-refractivity contribution >= 4 is 10.0 Å². The number of hydrogen-bond donors (Lipinski definition) is 2. The van der Waals surface area contributed by atoms with Gasteiger partial charge in [0.05, 0.1) is 0 Å². The summed E-state index contributed by atoms with van der Waals surface area (Å²) in [5, 5.41) is 3.14. The lowest BCUT2D eigenvalue weighted by Gasteiger charge is -2.08. The molecule has 0 aliphatic rings. The summed E-state index contributed by atoms with van der Waals surface area (Å²) in [5.74, 6) is 1.11. The standard InChI is InChI=1S/C12H22N2O3S/c1-5-7-14-18(15,16)12-10(4)17-9(3)11(12)8-13-6-2/h13-14H,5-8H2,1-4H3. The molecule has 0 aromatic carbocycles. The van der Waals surface area contributed by atoms with Gasteiger partial charge in [-0.3, -0.25) is 0 Å². The summed E-state index contributed by atoms with van der Waals surface area (Å²) >= 11 is 0. The van der Waals surface area contributed by atoms with Crippen LogP contribution in [0, 0.1) is 13.8 Å². The fourth-order valence-corrected chi connectivity index (χ4v) is 3.40. The largest absolute Gasteiger partial charge is 0.465 e. The number of hydrogen-bond acceptors (Lipinski definition) is 4. The van der Waals surface area contributed by atoms with E-state index in [0.717, 1.165) is 18.5 Å². The second-order valence-electron chi connectivity index (χ2n) is 4.20. The number of aryl methyl sites for hydroxylation is 2. The third-order valence-electron chi connectivity index (χ3n) is 2.69. The van der Waals surface area contributed by atoms with Crippen molar-refractivity contribution in [3.8, 4) is 0 Å². The first-order valence-corrected chi connectivity index (χ1v) is 7.71. The predicted molar refractivity (Wildman–Crippen MR) is 71.0 cm³/mol. The number of rotatable bonds is 7. The Morgan fingerprint density at radius 1 is 1.17 bits per heavy atom. The van der Waals surface area contributed by atoms with Gasteiger partial charge in [0.2, 0.25) is 10.0 Å². The minimum absolute atomic E-state index is 0.286. The topological polar surface area (TPSA) is 71.3 Å². The first kappa shape index (κ1) is 15.2. The molecule has 0 saturated carbocycles. The molecule has 2 N–H and O–H groups in total. The zero-order valence-corrected chi connectivity index (χ0v) is 12.3. The van der Waals surface area contributed by atoms with E-state index < -0.39 is 10.0 Å². The van der Waals surface area contributed by atoms with Crippen molar-refractivity contribution in [2.24, 2.45) is 0 Å². The molecule has 0 radical (unpaired) electrons. The predicted octanol–water partition coefficient (Wildman–Crippen LogP) is 1.69. The molecule has 0 aliphatic carbocycles. The molecule has 0 atom stereocenters. The van der Waals surface area contributed by atoms with Gasteiger partial charge in [0.15, 0.2) is 0 Å². The van der Waals surface area contributed by atoms with E-state index in [9.17, 15) is 8.42 Å². The van der Waals surface area contributed by atoms with Gasteiger partial charge >= 0.3 is 0 Å². The van der Waals surface area contributed by atoms with Crippen LogP contribution >= 0.6 is 0 Å². The molecule has 0 fully saturated rings. The Balaban J connectivity index is 3.13. The average Bonchev–Trinajstić information content (AvgIpc) is 2.59. The highest BCUT2D eigenvalue weighted by Gasteiger charge is 2.25. The molecule has 0 aliphatic heterocycles. The second-order valence-corrected chi connectivity index (χ2v) is 5.90. The van der Waals surface area contributed by atoms with Crippen LogP contribution in [0.3, 0.4) is 0 Å². The van der Waals surface area contributed by atoms with E-state index in [2.05, 4.69) is 10.0 Å². The molecule has 1 aromatic heterocycles. The Hall–Kier alpha value is -0.850. The zero-order valence-electron chi connectivity index (χ0n) is 11.5. The number of nitrogens with one attached hydrogen (secondary N) is 2. The molecule has 0 bridgehead atoms. The van der Waals surface area contributed by atoms with Gasteiger partial charge in [0, 0.05) is 18.7 Å². The number of furan rings is 1. The third-order valence-corrected chi connectivity index (χ3v) is 4.34. The average molecular weight is 274 g/mol. The maximum atomic E-state index is 12.2. The van der Waals surface area contributed by atoms with Gasteiger partial charge in [-0.05, 0) is 26.8 Å². The molecule has 6 heteroatoms. The summed E-state index contributed by atoms with van der Waals surface area (Å²) in [6, 6.07) is 0. The third kappa shape index (κ3) is 3.34. The van der Waals surface area contributed by atoms with E-state index in [-0.39, 0.29) is 4.90 Å². The van der Waals surface area contributed by atoms with Crippen molar-refractivity contribution in [1.82, 2.24) is 10.0 Å². The van der Waals surface area contributed by atoms with Crippen LogP contribution in [0.5, 0.6) is 0 Å². The molecule has 0 unspecified atom stereocenters. The van der Waals surface area contributed by atoms with Crippen LogP contribution in [0.25, 0.3) is 0 Å². The van der Waals surface area contributed by atoms with Gasteiger partial charge < -0.3 is 9.73 Å². The minimum Gasteiger partial charge on any atom is -0.465 e. The Labute approximate surface area is 109 Å². The summed E-state index contributed by atoms with van der Waals surface area (Å²) < 4.78 is 32.5. The van der Waals surface area contributed by atoms with Gasteiger partial charge in [0.25, 0.3) is 0 Å². The van der Waals surface area contributed by atoms with Gasteiger partial charge in [0.1, 0.15) is 16.4 Å². The maximum Gasteiger partial charge on any atom is 0.244 e. The summed E-state index contributed by atoms with van der Waals surface area (Å²) in [5.41, 5.74) is 0.720. The highest BCUT2D eigenvalue weighted by atomic mass is 32.2. The van der Waals surface area contributed by atoms with Crippen molar-refractivity contribution in [3.05, 3.63) is 17.1 Å². The van der Waals surface area contributed by atoms with Crippen LogP contribution in [0.1, 0.15) is 37.4 Å². The van der Waals surface area contributed by atoms with E-state index in [1.54, 1.807) is 13.8 Å². The van der Waals surface area contributed by atoms with E-state index in [1.165, 1.54) is 0 Å². The van der Waals surface area contributed by atoms with Gasteiger partial charge in [-0.15, -0.1) is 0 Å². The van der Waals surface area contributed by atoms with Gasteiger partial charge in [-0.25, -0.2) is 13.1 Å². The highest BCUT2D eigenvalue weighted by Crippen LogP contribution is 2.26. The molecular weight excluding hydrogens is 252 g/mol. The van der Waals surface area contributed by atoms with Crippen molar-refractivity contribution in [2.45, 2.75) is 45.6 Å². The highest BCUT2D eigenvalue weighted by molar-refractivity contribution is 7.89. The molecule has 0 amide bonds.